The van der Waals surface area contributed by atoms with Crippen molar-refractivity contribution in [2.45, 2.75) is 91.6 Å². The SMILES string of the molecule is CC(C)(C)OC(=O)N1CCn2nc(N)cc2C1.COC(=O)N1CCC(C(=O)Nc2cc3n(n2)CCN(C(=O)Nc2ccc(F)c(Cl)c2)C3)CC1.Cl.Nc1cc2n(n1)CCN(C(=O)Nc1ccc(F)c(Cl)c1)C2.Nc1cc2n(n1)CCNC2. The summed E-state index contributed by atoms with van der Waals surface area (Å²) in [5.74, 6) is 0.555. The van der Waals surface area contributed by atoms with Crippen molar-refractivity contribution < 1.29 is 42.2 Å². The number of hydrogen-bond acceptors (Lipinski definition) is 15. The second-order valence-corrected chi connectivity index (χ2v) is 21.2. The van der Waals surface area contributed by atoms with Crippen LogP contribution in [-0.2, 0) is 66.6 Å². The Morgan fingerprint density at radius 1 is 0.585 bits per heavy atom. The summed E-state index contributed by atoms with van der Waals surface area (Å²) in [4.78, 5) is 67.4. The van der Waals surface area contributed by atoms with Gasteiger partial charge in [0.15, 0.2) is 5.82 Å². The molecule has 10 N–H and O–H groups in total. The van der Waals surface area contributed by atoms with Crippen LogP contribution in [0.25, 0.3) is 0 Å². The largest absolute Gasteiger partial charge is 0.453 e. The number of nitrogens with one attached hydrogen (secondary N) is 4. The van der Waals surface area contributed by atoms with Crippen molar-refractivity contribution in [3.63, 3.8) is 0 Å². The zero-order chi connectivity index (χ0) is 58.1. The maximum atomic E-state index is 13.3. The maximum absolute atomic E-state index is 13.3. The van der Waals surface area contributed by atoms with Crippen LogP contribution in [0.1, 0.15) is 56.4 Å². The van der Waals surface area contributed by atoms with Crippen molar-refractivity contribution >= 4 is 100 Å². The van der Waals surface area contributed by atoms with Gasteiger partial charge in [0.25, 0.3) is 0 Å². The van der Waals surface area contributed by atoms with E-state index in [0.29, 0.717) is 119 Å². The second kappa shape index (κ2) is 27.1. The zero-order valence-corrected chi connectivity index (χ0v) is 47.9. The molecule has 1 fully saturated rings. The predicted molar refractivity (Wildman–Crippen MR) is 305 cm³/mol. The van der Waals surface area contributed by atoms with Crippen LogP contribution >= 0.6 is 35.6 Å². The number of carbonyl (C=O) groups is 5. The van der Waals surface area contributed by atoms with Crippen LogP contribution in [-0.4, -0.2) is 141 Å². The molecule has 0 spiro atoms. The highest BCUT2D eigenvalue weighted by Gasteiger charge is 2.30. The van der Waals surface area contributed by atoms with Gasteiger partial charge in [-0.2, -0.15) is 20.4 Å². The fourth-order valence-electron chi connectivity index (χ4n) is 9.18. The van der Waals surface area contributed by atoms with Gasteiger partial charge < -0.3 is 67.5 Å². The molecule has 1 saturated heterocycles. The number of piperidine rings is 1. The Morgan fingerprint density at radius 2 is 1.04 bits per heavy atom. The number of urea groups is 2. The molecule has 26 nitrogen and oxygen atoms in total. The van der Waals surface area contributed by atoms with Gasteiger partial charge in [-0.1, -0.05) is 23.2 Å². The molecule has 442 valence electrons. The van der Waals surface area contributed by atoms with Gasteiger partial charge in [0.2, 0.25) is 5.91 Å². The standard InChI is InChI=1S/C21H24ClFN6O4.C13H13ClFN5O.C11H18N4O2.C6H10N4.ClH/c1-33-21(32)27-6-4-13(5-7-27)19(30)25-18-11-15-12-28(8-9-29(15)26-18)20(31)24-14-2-3-17(23)16(22)10-14;14-10-5-8(1-2-11(10)15)17-13(21)19-3-4-20-9(7-19)6-12(16)18-20;1-11(2,3)17-10(16)14-4-5-15-8(7-14)6-9(12)13-15;7-6-3-5-4-8-1-2-10(5)9-6;/h2-3,10-11,13H,4-9,12H2,1H3,(H,24,31)(H,25,26,30);1-2,5-6H,3-4,7H2,(H2,16,18)(H,17,21);6H,4-5,7H2,1-3H3,(H2,12,13);3,8H,1-2,4H2,(H2,7,9);1H. The third-order valence-corrected chi connectivity index (χ3v) is 13.8. The molecule has 2 aromatic carbocycles. The number of nitrogen functional groups attached to an aromatic ring is 3. The predicted octanol–water partition coefficient (Wildman–Crippen LogP) is 6.65. The third kappa shape index (κ3) is 16.3. The molecule has 31 heteroatoms. The smallest absolute Gasteiger partial charge is 0.410 e. The Hall–Kier alpha value is -8.08. The minimum atomic E-state index is -0.555. The number of nitrogens with zero attached hydrogens (tertiary/aromatic N) is 12. The number of amides is 7. The number of halogens is 5. The highest BCUT2D eigenvalue weighted by atomic mass is 35.5. The van der Waals surface area contributed by atoms with Gasteiger partial charge in [-0.05, 0) is 70.0 Å². The van der Waals surface area contributed by atoms with Crippen LogP contribution in [0.15, 0.2) is 60.7 Å². The van der Waals surface area contributed by atoms with Crippen molar-refractivity contribution in [1.82, 2.24) is 64.0 Å². The van der Waals surface area contributed by atoms with Crippen molar-refractivity contribution in [3.8, 4) is 0 Å². The number of likely N-dealkylation sites (tertiary alicyclic amines) is 1. The van der Waals surface area contributed by atoms with Gasteiger partial charge in [0, 0.05) is 87.4 Å². The Labute approximate surface area is 486 Å². The van der Waals surface area contributed by atoms with Crippen molar-refractivity contribution in [1.29, 1.82) is 0 Å². The molecule has 7 amide bonds. The summed E-state index contributed by atoms with van der Waals surface area (Å²) in [6.07, 6.45) is 0.432. The molecule has 5 aliphatic rings. The number of ether oxygens (including phenoxy) is 2. The molecule has 9 heterocycles. The van der Waals surface area contributed by atoms with Gasteiger partial charge in [-0.15, -0.1) is 12.4 Å². The highest BCUT2D eigenvalue weighted by Crippen LogP contribution is 2.25. The van der Waals surface area contributed by atoms with E-state index >= 15 is 0 Å². The molecule has 82 heavy (non-hydrogen) atoms. The summed E-state index contributed by atoms with van der Waals surface area (Å²) in [7, 11) is 1.34. The monoisotopic (exact) mass is 1200 g/mol. The lowest BCUT2D eigenvalue weighted by Gasteiger charge is -2.30. The quantitative estimate of drug-likeness (QED) is 0.0972. The summed E-state index contributed by atoms with van der Waals surface area (Å²) < 4.78 is 43.8. The maximum Gasteiger partial charge on any atom is 0.410 e. The molecule has 0 radical (unpaired) electrons. The van der Waals surface area contributed by atoms with E-state index in [1.807, 2.05) is 36.2 Å². The number of aromatic nitrogens is 8. The van der Waals surface area contributed by atoms with Crippen molar-refractivity contribution in [2.75, 3.05) is 79.5 Å². The summed E-state index contributed by atoms with van der Waals surface area (Å²) in [5.41, 5.74) is 20.9. The van der Waals surface area contributed by atoms with Gasteiger partial charge in [-0.25, -0.2) is 28.0 Å². The first kappa shape index (κ1) is 61.5. The molecule has 0 unspecified atom stereocenters. The van der Waals surface area contributed by atoms with Gasteiger partial charge in [0.05, 0.1) is 85.7 Å². The summed E-state index contributed by atoms with van der Waals surface area (Å²) in [6, 6.07) is 14.6. The van der Waals surface area contributed by atoms with Crippen molar-refractivity contribution in [3.05, 3.63) is 105 Å². The lowest BCUT2D eigenvalue weighted by atomic mass is 9.96. The van der Waals surface area contributed by atoms with Crippen LogP contribution in [0.5, 0.6) is 0 Å². The van der Waals surface area contributed by atoms with Gasteiger partial charge >= 0.3 is 24.2 Å². The lowest BCUT2D eigenvalue weighted by Crippen LogP contribution is -2.41. The average molecular weight is 1200 g/mol. The molecule has 0 bridgehead atoms. The second-order valence-electron chi connectivity index (χ2n) is 20.4. The van der Waals surface area contributed by atoms with Crippen molar-refractivity contribution in [2.24, 2.45) is 5.92 Å². The fraction of sp³-hybridized carbons (Fsp3) is 0.431. The fourth-order valence-corrected chi connectivity index (χ4v) is 9.54. The van der Waals surface area contributed by atoms with E-state index in [1.165, 1.54) is 49.2 Å². The third-order valence-electron chi connectivity index (χ3n) is 13.2. The number of nitrogens with two attached hydrogens (primary N) is 3. The molecule has 4 aromatic heterocycles. The number of benzene rings is 2. The van der Waals surface area contributed by atoms with Gasteiger partial charge in [-0.3, -0.25) is 23.5 Å². The number of hydrogen-bond donors (Lipinski definition) is 7. The number of fused-ring (bicyclic) bond motifs is 4. The summed E-state index contributed by atoms with van der Waals surface area (Å²) in [6.45, 7) is 13.8. The first-order chi connectivity index (χ1) is 38.6. The normalized spacial score (nSPS) is 15.4. The van der Waals surface area contributed by atoms with Crippen LogP contribution in [0, 0.1) is 17.6 Å². The Balaban J connectivity index is 0.000000170. The van der Waals surface area contributed by atoms with E-state index in [0.717, 1.165) is 36.7 Å². The molecular formula is C51H66Cl3F2N19O7. The Kier molecular flexibility index (Phi) is 20.4. The summed E-state index contributed by atoms with van der Waals surface area (Å²) in [5, 5.41) is 28.2. The van der Waals surface area contributed by atoms with E-state index in [1.54, 1.807) is 47.2 Å². The lowest BCUT2D eigenvalue weighted by molar-refractivity contribution is -0.121. The van der Waals surface area contributed by atoms with E-state index in [4.69, 9.17) is 49.9 Å². The van der Waals surface area contributed by atoms with E-state index in [-0.39, 0.29) is 58.5 Å². The number of rotatable bonds is 4. The number of carbonyl (C=O) groups excluding carboxylic acids is 5. The topological polar surface area (TPSA) is 314 Å². The first-order valence-corrected chi connectivity index (χ1v) is 26.7. The first-order valence-electron chi connectivity index (χ1n) is 26.0. The number of methoxy groups -OCH3 is 1. The molecule has 5 aliphatic heterocycles. The van der Waals surface area contributed by atoms with Gasteiger partial charge in [0.1, 0.15) is 34.7 Å². The molecule has 0 aliphatic carbocycles. The minimum absolute atomic E-state index is 0. The number of anilines is 6. The van der Waals surface area contributed by atoms with Crippen LogP contribution in [0.4, 0.5) is 62.6 Å². The molecule has 0 saturated carbocycles. The average Bonchev–Trinajstić information content (AvgIpc) is 4.41. The molecule has 0 atom stereocenters. The van der Waals surface area contributed by atoms with Crippen LogP contribution in [0.3, 0.4) is 0 Å². The van der Waals surface area contributed by atoms with E-state index in [9.17, 15) is 32.8 Å². The summed E-state index contributed by atoms with van der Waals surface area (Å²) >= 11 is 11.5. The molecular weight excluding hydrogens is 1140 g/mol. The highest BCUT2D eigenvalue weighted by molar-refractivity contribution is 6.31. The zero-order valence-electron chi connectivity index (χ0n) is 45.5. The molecule has 6 aromatic rings. The van der Waals surface area contributed by atoms with Crippen LogP contribution in [0.2, 0.25) is 10.0 Å². The Bertz CT molecular complexity index is 3220. The van der Waals surface area contributed by atoms with E-state index < -0.39 is 17.2 Å². The van der Waals surface area contributed by atoms with E-state index in [2.05, 4.69) is 41.7 Å². The Morgan fingerprint density at radius 3 is 1.51 bits per heavy atom. The minimum Gasteiger partial charge on any atom is -0.453 e. The molecule has 11 rings (SSSR count). The van der Waals surface area contributed by atoms with Crippen LogP contribution < -0.4 is 38.5 Å².